The van der Waals surface area contributed by atoms with Crippen molar-refractivity contribution in [1.29, 1.82) is 0 Å². The van der Waals surface area contributed by atoms with Crippen molar-refractivity contribution >= 4 is 17.7 Å². The van der Waals surface area contributed by atoms with E-state index < -0.39 is 24.1 Å². The molecule has 31 heavy (non-hydrogen) atoms. The van der Waals surface area contributed by atoms with Crippen molar-refractivity contribution < 1.29 is 37.3 Å². The first-order chi connectivity index (χ1) is 14.7. The highest BCUT2D eigenvalue weighted by molar-refractivity contribution is 5.91. The fourth-order valence-electron chi connectivity index (χ4n) is 3.32. The lowest BCUT2D eigenvalue weighted by atomic mass is 9.93. The average molecular weight is 438 g/mol. The second-order valence-corrected chi connectivity index (χ2v) is 7.06. The smallest absolute Gasteiger partial charge is 0.490 e. The minimum Gasteiger partial charge on any atom is -0.490 e. The van der Waals surface area contributed by atoms with Gasteiger partial charge in [-0.25, -0.2) is 9.59 Å². The molecule has 2 amide bonds. The summed E-state index contributed by atoms with van der Waals surface area (Å²) in [6.45, 7) is 0. The molecule has 0 spiro atoms. The summed E-state index contributed by atoms with van der Waals surface area (Å²) in [5.74, 6) is -0.930. The maximum absolute atomic E-state index is 12.5. The number of carbonyl (C=O) groups excluding carboxylic acids is 1. The summed E-state index contributed by atoms with van der Waals surface area (Å²) in [7, 11) is 0. The van der Waals surface area contributed by atoms with Gasteiger partial charge in [-0.05, 0) is 62.1 Å². The molecule has 1 fully saturated rings. The van der Waals surface area contributed by atoms with Crippen LogP contribution < -0.4 is 20.1 Å². The van der Waals surface area contributed by atoms with Crippen LogP contribution >= 0.6 is 0 Å². The zero-order valence-corrected chi connectivity index (χ0v) is 16.3. The lowest BCUT2D eigenvalue weighted by Crippen LogP contribution is -2.41. The van der Waals surface area contributed by atoms with Gasteiger partial charge in [-0.1, -0.05) is 12.1 Å². The number of ether oxygens (including phenoxy) is 2. The molecule has 0 bridgehead atoms. The monoisotopic (exact) mass is 438 g/mol. The molecule has 0 aliphatic heterocycles. The van der Waals surface area contributed by atoms with Crippen LogP contribution in [0.5, 0.6) is 11.5 Å². The fourth-order valence-corrected chi connectivity index (χ4v) is 3.32. The van der Waals surface area contributed by atoms with Crippen molar-refractivity contribution in [2.24, 2.45) is 0 Å². The summed E-state index contributed by atoms with van der Waals surface area (Å²) in [5, 5.41) is 14.1. The number of carboxylic acids is 1. The summed E-state index contributed by atoms with van der Waals surface area (Å²) in [6.07, 6.45) is -2.34. The molecule has 0 unspecified atom stereocenters. The number of rotatable bonds is 6. The van der Waals surface area contributed by atoms with Crippen LogP contribution in [0.3, 0.4) is 0 Å². The number of hydrogen-bond acceptors (Lipinski definition) is 4. The van der Waals surface area contributed by atoms with E-state index in [-0.39, 0.29) is 23.4 Å². The van der Waals surface area contributed by atoms with E-state index in [4.69, 9.17) is 9.84 Å². The molecule has 3 N–H and O–H groups in total. The van der Waals surface area contributed by atoms with Gasteiger partial charge < -0.3 is 25.2 Å². The summed E-state index contributed by atoms with van der Waals surface area (Å²) < 4.78 is 47.3. The third kappa shape index (κ3) is 6.80. The van der Waals surface area contributed by atoms with Crippen molar-refractivity contribution in [3.63, 3.8) is 0 Å². The number of benzene rings is 2. The molecule has 3 rings (SSSR count). The van der Waals surface area contributed by atoms with Crippen LogP contribution in [0.1, 0.15) is 36.0 Å². The largest absolute Gasteiger partial charge is 0.573 e. The Morgan fingerprint density at radius 3 is 2.23 bits per heavy atom. The van der Waals surface area contributed by atoms with Gasteiger partial charge in [0, 0.05) is 6.04 Å². The van der Waals surface area contributed by atoms with E-state index in [9.17, 15) is 22.8 Å². The zero-order valence-electron chi connectivity index (χ0n) is 16.3. The molecule has 166 valence electrons. The molecule has 7 nitrogen and oxygen atoms in total. The van der Waals surface area contributed by atoms with Gasteiger partial charge >= 0.3 is 18.4 Å². The van der Waals surface area contributed by atoms with Crippen LogP contribution in [0, 0.1) is 0 Å². The van der Waals surface area contributed by atoms with Crippen molar-refractivity contribution in [2.75, 3.05) is 5.32 Å². The second kappa shape index (κ2) is 9.59. The first-order valence-electron chi connectivity index (χ1n) is 9.62. The molecule has 2 aromatic rings. The van der Waals surface area contributed by atoms with Crippen molar-refractivity contribution in [2.45, 2.75) is 44.2 Å². The van der Waals surface area contributed by atoms with E-state index >= 15 is 0 Å². The minimum atomic E-state index is -4.86. The van der Waals surface area contributed by atoms with Gasteiger partial charge in [0.15, 0.2) is 5.75 Å². The third-order valence-corrected chi connectivity index (χ3v) is 4.77. The number of urea groups is 1. The Morgan fingerprint density at radius 2 is 1.61 bits per heavy atom. The van der Waals surface area contributed by atoms with Gasteiger partial charge in [0.05, 0.1) is 17.4 Å². The van der Waals surface area contributed by atoms with Gasteiger partial charge in [-0.3, -0.25) is 0 Å². The predicted molar refractivity (Wildman–Crippen MR) is 105 cm³/mol. The summed E-state index contributed by atoms with van der Waals surface area (Å²) >= 11 is 0. The number of aromatic carboxylic acids is 1. The Balaban J connectivity index is 1.47. The number of alkyl halides is 3. The van der Waals surface area contributed by atoms with Gasteiger partial charge in [-0.2, -0.15) is 0 Å². The molecule has 2 aromatic carbocycles. The molecule has 0 heterocycles. The Morgan fingerprint density at radius 1 is 0.968 bits per heavy atom. The molecule has 10 heteroatoms. The number of carbonyl (C=O) groups is 2. The lowest BCUT2D eigenvalue weighted by Gasteiger charge is -2.29. The Bertz CT molecular complexity index is 910. The zero-order chi connectivity index (χ0) is 22.4. The molecule has 1 saturated carbocycles. The normalized spacial score (nSPS) is 18.7. The number of para-hydroxylation sites is 2. The maximum Gasteiger partial charge on any atom is 0.573 e. The lowest BCUT2D eigenvalue weighted by molar-refractivity contribution is -0.274. The number of hydrogen-bond donors (Lipinski definition) is 3. The van der Waals surface area contributed by atoms with Crippen LogP contribution in [-0.4, -0.2) is 35.6 Å². The molecular formula is C21H21F3N2O5. The molecule has 1 aliphatic carbocycles. The van der Waals surface area contributed by atoms with E-state index in [1.807, 2.05) is 0 Å². The Kier molecular flexibility index (Phi) is 6.88. The first-order valence-corrected chi connectivity index (χ1v) is 9.62. The number of nitrogens with one attached hydrogen (secondary N) is 2. The van der Waals surface area contributed by atoms with Crippen molar-refractivity contribution in [3.8, 4) is 11.5 Å². The summed E-state index contributed by atoms with van der Waals surface area (Å²) in [5.41, 5.74) is 0.0904. The molecule has 0 radical (unpaired) electrons. The molecule has 0 aromatic heterocycles. The quantitative estimate of drug-likeness (QED) is 0.602. The van der Waals surface area contributed by atoms with E-state index in [1.165, 1.54) is 30.3 Å². The van der Waals surface area contributed by atoms with E-state index in [0.29, 0.717) is 31.4 Å². The topological polar surface area (TPSA) is 96.9 Å². The van der Waals surface area contributed by atoms with E-state index in [0.717, 1.165) is 6.07 Å². The molecular weight excluding hydrogens is 417 g/mol. The third-order valence-electron chi connectivity index (χ3n) is 4.77. The van der Waals surface area contributed by atoms with Crippen LogP contribution in [0.4, 0.5) is 23.7 Å². The number of carboxylic acid groups (broad SMARTS) is 1. The summed E-state index contributed by atoms with van der Waals surface area (Å²) in [6, 6.07) is 10.7. The highest BCUT2D eigenvalue weighted by Gasteiger charge is 2.32. The van der Waals surface area contributed by atoms with Crippen LogP contribution in [-0.2, 0) is 0 Å². The minimum absolute atomic E-state index is 0.0716. The SMILES string of the molecule is O=C(Nc1ccccc1OC(F)(F)F)NC1CCC(Oc2ccc(C(=O)O)cc2)CC1. The van der Waals surface area contributed by atoms with E-state index in [2.05, 4.69) is 15.4 Å². The summed E-state index contributed by atoms with van der Waals surface area (Å²) in [4.78, 5) is 23.1. The Labute approximate surface area is 176 Å². The predicted octanol–water partition coefficient (Wildman–Crippen LogP) is 4.80. The van der Waals surface area contributed by atoms with Crippen LogP contribution in [0.25, 0.3) is 0 Å². The highest BCUT2D eigenvalue weighted by atomic mass is 19.4. The van der Waals surface area contributed by atoms with Crippen LogP contribution in [0.2, 0.25) is 0 Å². The van der Waals surface area contributed by atoms with Gasteiger partial charge in [0.25, 0.3) is 0 Å². The van der Waals surface area contributed by atoms with Crippen LogP contribution in [0.15, 0.2) is 48.5 Å². The number of halogens is 3. The highest BCUT2D eigenvalue weighted by Crippen LogP contribution is 2.30. The molecule has 1 aliphatic rings. The maximum atomic E-state index is 12.5. The van der Waals surface area contributed by atoms with Gasteiger partial charge in [0.2, 0.25) is 0 Å². The molecule has 0 saturated heterocycles. The van der Waals surface area contributed by atoms with E-state index in [1.54, 1.807) is 12.1 Å². The number of amides is 2. The van der Waals surface area contributed by atoms with Gasteiger partial charge in [0.1, 0.15) is 5.75 Å². The first kappa shape index (κ1) is 22.3. The Hall–Kier alpha value is -3.43. The number of anilines is 1. The van der Waals surface area contributed by atoms with Crippen molar-refractivity contribution in [1.82, 2.24) is 5.32 Å². The fraction of sp³-hybridized carbons (Fsp3) is 0.333. The second-order valence-electron chi connectivity index (χ2n) is 7.06. The standard InChI is InChI=1S/C21H21F3N2O5/c22-21(23,24)31-18-4-2-1-3-17(18)26-20(29)25-14-7-11-16(12-8-14)30-15-9-5-13(6-10-15)19(27)28/h1-6,9-10,14,16H,7-8,11-12H2,(H,27,28)(H2,25,26,29). The van der Waals surface area contributed by atoms with Gasteiger partial charge in [-0.15, -0.1) is 13.2 Å². The average Bonchev–Trinajstić information content (AvgIpc) is 2.70. The van der Waals surface area contributed by atoms with Crippen molar-refractivity contribution in [3.05, 3.63) is 54.1 Å². The molecule has 0 atom stereocenters.